The molecule has 0 aromatic heterocycles. The highest BCUT2D eigenvalue weighted by Gasteiger charge is 2.58. The molecule has 3 rings (SSSR count). The number of ether oxygens (including phenoxy) is 1. The number of rotatable bonds is 7. The summed E-state index contributed by atoms with van der Waals surface area (Å²) in [6.45, 7) is 17.6. The Balaban J connectivity index is 1.96. The zero-order valence-electron chi connectivity index (χ0n) is 20.3. The van der Waals surface area contributed by atoms with Gasteiger partial charge in [-0.15, -0.1) is 0 Å². The fourth-order valence-corrected chi connectivity index (χ4v) is 5.23. The van der Waals surface area contributed by atoms with Crippen LogP contribution >= 0.6 is 0 Å². The minimum absolute atomic E-state index is 0.318. The summed E-state index contributed by atoms with van der Waals surface area (Å²) in [7, 11) is 0. The summed E-state index contributed by atoms with van der Waals surface area (Å²) in [5.41, 5.74) is 5.18. The van der Waals surface area contributed by atoms with Gasteiger partial charge in [0, 0.05) is 5.56 Å². The lowest BCUT2D eigenvalue weighted by Crippen LogP contribution is -2.53. The fourth-order valence-electron chi connectivity index (χ4n) is 5.23. The minimum Gasteiger partial charge on any atom is -0.427 e. The van der Waals surface area contributed by atoms with Crippen molar-refractivity contribution in [1.82, 2.24) is 0 Å². The topological polar surface area (TPSA) is 46.5 Å². The third kappa shape index (κ3) is 4.30. The van der Waals surface area contributed by atoms with E-state index in [2.05, 4.69) is 73.6 Å². The second-order valence-electron chi connectivity index (χ2n) is 10.4. The molecule has 0 bridgehead atoms. The van der Waals surface area contributed by atoms with Crippen molar-refractivity contribution in [3.8, 4) is 0 Å². The van der Waals surface area contributed by atoms with E-state index in [0.717, 1.165) is 5.56 Å². The Labute approximate surface area is 187 Å². The molecule has 1 aliphatic rings. The van der Waals surface area contributed by atoms with E-state index in [1.54, 1.807) is 0 Å². The zero-order chi connectivity index (χ0) is 23.1. The van der Waals surface area contributed by atoms with Crippen molar-refractivity contribution in [2.24, 2.45) is 11.8 Å². The molecule has 1 saturated heterocycles. The van der Waals surface area contributed by atoms with Crippen molar-refractivity contribution in [3.05, 3.63) is 70.3 Å². The first-order valence-electron chi connectivity index (χ1n) is 11.7. The number of esters is 1. The average Bonchev–Trinajstić information content (AvgIpc) is 2.67. The molecule has 0 saturated carbocycles. The largest absolute Gasteiger partial charge is 0.427 e. The van der Waals surface area contributed by atoms with Crippen molar-refractivity contribution < 1.29 is 14.6 Å². The van der Waals surface area contributed by atoms with Crippen LogP contribution in [0.1, 0.15) is 107 Å². The quantitative estimate of drug-likeness (QED) is 0.498. The van der Waals surface area contributed by atoms with Gasteiger partial charge in [-0.1, -0.05) is 91.8 Å². The normalized spacial score (nSPS) is 21.4. The lowest BCUT2D eigenvalue weighted by Gasteiger charge is -2.44. The van der Waals surface area contributed by atoms with Crippen molar-refractivity contribution in [2.75, 3.05) is 0 Å². The lowest BCUT2D eigenvalue weighted by molar-refractivity contribution is -0.277. The van der Waals surface area contributed by atoms with Crippen molar-refractivity contribution in [1.29, 1.82) is 0 Å². The van der Waals surface area contributed by atoms with Crippen LogP contribution in [-0.4, -0.2) is 11.1 Å². The summed E-state index contributed by atoms with van der Waals surface area (Å²) in [5, 5.41) is 11.4. The van der Waals surface area contributed by atoms with Gasteiger partial charge in [0.15, 0.2) is 5.92 Å². The first-order chi connectivity index (χ1) is 14.5. The summed E-state index contributed by atoms with van der Waals surface area (Å²) in [4.78, 5) is 12.5. The molecule has 2 unspecified atom stereocenters. The zero-order valence-corrected chi connectivity index (χ0v) is 20.3. The minimum atomic E-state index is -1.62. The van der Waals surface area contributed by atoms with Gasteiger partial charge in [-0.25, -0.2) is 0 Å². The predicted octanol–water partition coefficient (Wildman–Crippen LogP) is 6.81. The summed E-state index contributed by atoms with van der Waals surface area (Å²) in [6, 6.07) is 14.2. The lowest BCUT2D eigenvalue weighted by atomic mass is 9.77. The van der Waals surface area contributed by atoms with Crippen molar-refractivity contribution >= 4 is 5.97 Å². The van der Waals surface area contributed by atoms with Crippen LogP contribution in [-0.2, 0) is 15.3 Å². The molecule has 0 radical (unpaired) electrons. The number of carbonyl (C=O) groups excluding carboxylic acids is 1. The number of hydrogen-bond acceptors (Lipinski definition) is 3. The average molecular weight is 423 g/mol. The van der Waals surface area contributed by atoms with Crippen LogP contribution in [0.2, 0.25) is 0 Å². The number of benzene rings is 2. The molecule has 2 aromatic rings. The van der Waals surface area contributed by atoms with E-state index in [1.165, 1.54) is 16.7 Å². The van der Waals surface area contributed by atoms with Crippen LogP contribution in [0, 0.1) is 11.8 Å². The molecule has 0 spiro atoms. The molecule has 168 valence electrons. The maximum atomic E-state index is 12.5. The van der Waals surface area contributed by atoms with E-state index in [9.17, 15) is 9.90 Å². The summed E-state index contributed by atoms with van der Waals surface area (Å²) in [6.07, 6.45) is 0. The molecule has 3 heteroatoms. The maximum absolute atomic E-state index is 12.5. The highest BCUT2D eigenvalue weighted by atomic mass is 16.7. The van der Waals surface area contributed by atoms with Crippen LogP contribution in [0.25, 0.3) is 0 Å². The molecular formula is C28H38O3. The Kier molecular flexibility index (Phi) is 6.67. The van der Waals surface area contributed by atoms with Gasteiger partial charge < -0.3 is 9.84 Å². The van der Waals surface area contributed by atoms with Gasteiger partial charge in [0.1, 0.15) is 0 Å². The third-order valence-electron chi connectivity index (χ3n) is 6.72. The van der Waals surface area contributed by atoms with Gasteiger partial charge in [-0.05, 0) is 57.9 Å². The highest BCUT2D eigenvalue weighted by molar-refractivity contribution is 5.86. The van der Waals surface area contributed by atoms with Crippen LogP contribution < -0.4 is 0 Å². The number of cyclic esters (lactones) is 1. The Bertz CT molecular complexity index is 916. The molecule has 0 aliphatic carbocycles. The van der Waals surface area contributed by atoms with Crippen LogP contribution in [0.4, 0.5) is 0 Å². The van der Waals surface area contributed by atoms with E-state index in [4.69, 9.17) is 4.74 Å². The van der Waals surface area contributed by atoms with Crippen LogP contribution in [0.5, 0.6) is 0 Å². The number of aliphatic hydroxyl groups is 1. The molecule has 1 aliphatic heterocycles. The summed E-state index contributed by atoms with van der Waals surface area (Å²) >= 11 is 0. The number of carbonyl (C=O) groups is 1. The van der Waals surface area contributed by atoms with E-state index < -0.39 is 11.7 Å². The van der Waals surface area contributed by atoms with Gasteiger partial charge in [0.05, 0.1) is 0 Å². The first kappa shape index (κ1) is 23.5. The Morgan fingerprint density at radius 3 is 1.81 bits per heavy atom. The molecule has 1 fully saturated rings. The van der Waals surface area contributed by atoms with E-state index >= 15 is 0 Å². The second kappa shape index (κ2) is 8.78. The molecule has 31 heavy (non-hydrogen) atoms. The van der Waals surface area contributed by atoms with Gasteiger partial charge in [0.25, 0.3) is 5.79 Å². The SMILES string of the molecule is CC(C)c1ccc(C2(O)OC(=O)C2c2ccc(C(C(C)C)C(C)C)cc2)cc1C(C)C. The molecule has 3 nitrogen and oxygen atoms in total. The van der Waals surface area contributed by atoms with Crippen LogP contribution in [0.15, 0.2) is 42.5 Å². The Hall–Kier alpha value is -2.13. The van der Waals surface area contributed by atoms with Gasteiger partial charge in [-0.3, -0.25) is 4.79 Å². The van der Waals surface area contributed by atoms with E-state index in [-0.39, 0.29) is 5.97 Å². The number of hydrogen-bond donors (Lipinski definition) is 1. The Morgan fingerprint density at radius 1 is 0.806 bits per heavy atom. The van der Waals surface area contributed by atoms with Gasteiger partial charge >= 0.3 is 5.97 Å². The summed E-state index contributed by atoms with van der Waals surface area (Å²) < 4.78 is 5.39. The predicted molar refractivity (Wildman–Crippen MR) is 126 cm³/mol. The third-order valence-corrected chi connectivity index (χ3v) is 6.72. The maximum Gasteiger partial charge on any atom is 0.323 e. The van der Waals surface area contributed by atoms with E-state index in [0.29, 0.717) is 35.2 Å². The molecule has 1 heterocycles. The Morgan fingerprint density at radius 2 is 1.35 bits per heavy atom. The molecular weight excluding hydrogens is 384 g/mol. The highest BCUT2D eigenvalue weighted by Crippen LogP contribution is 2.49. The molecule has 2 atom stereocenters. The molecule has 1 N–H and O–H groups in total. The van der Waals surface area contributed by atoms with Crippen LogP contribution in [0.3, 0.4) is 0 Å². The standard InChI is InChI=1S/C28H38O3/c1-16(2)23-14-13-22(15-24(23)17(3)4)28(30)26(27(29)31-28)21-11-9-20(10-12-21)25(18(5)6)19(7)8/h9-19,25-26,30H,1-8H3. The first-order valence-corrected chi connectivity index (χ1v) is 11.7. The molecule has 2 aromatic carbocycles. The summed E-state index contributed by atoms with van der Waals surface area (Å²) in [5.74, 6) is -0.467. The van der Waals surface area contributed by atoms with Gasteiger partial charge in [-0.2, -0.15) is 0 Å². The van der Waals surface area contributed by atoms with Gasteiger partial charge in [0.2, 0.25) is 0 Å². The monoisotopic (exact) mass is 422 g/mol. The van der Waals surface area contributed by atoms with Crippen molar-refractivity contribution in [3.63, 3.8) is 0 Å². The second-order valence-corrected chi connectivity index (χ2v) is 10.4. The molecule has 0 amide bonds. The smallest absolute Gasteiger partial charge is 0.323 e. The van der Waals surface area contributed by atoms with E-state index in [1.807, 2.05) is 24.3 Å². The fraction of sp³-hybridized carbons (Fsp3) is 0.536. The van der Waals surface area contributed by atoms with Crippen molar-refractivity contribution in [2.45, 2.75) is 84.8 Å².